The summed E-state index contributed by atoms with van der Waals surface area (Å²) in [7, 11) is 1.28. The molecule has 2 aromatic carbocycles. The summed E-state index contributed by atoms with van der Waals surface area (Å²) in [5, 5.41) is 11.5. The number of rotatable bonds is 7. The van der Waals surface area contributed by atoms with Gasteiger partial charge >= 0.3 is 11.9 Å². The third-order valence-corrected chi connectivity index (χ3v) is 6.84. The second-order valence-electron chi connectivity index (χ2n) is 9.00. The molecule has 1 unspecified atom stereocenters. The number of ether oxygens (including phenoxy) is 2. The Hall–Kier alpha value is -4.38. The average molecular weight is 536 g/mol. The molecule has 0 N–H and O–H groups in total. The van der Waals surface area contributed by atoms with E-state index in [1.165, 1.54) is 23.8 Å². The van der Waals surface area contributed by atoms with E-state index in [-0.39, 0.29) is 33.9 Å². The molecule has 0 spiro atoms. The van der Waals surface area contributed by atoms with Gasteiger partial charge < -0.3 is 9.47 Å². The Morgan fingerprint density at radius 2 is 1.84 bits per heavy atom. The van der Waals surface area contributed by atoms with Gasteiger partial charge in [0, 0.05) is 6.07 Å². The molecule has 3 aromatic rings. The fourth-order valence-corrected chi connectivity index (χ4v) is 5.09. The molecule has 38 heavy (non-hydrogen) atoms. The van der Waals surface area contributed by atoms with E-state index in [4.69, 9.17) is 9.47 Å². The van der Waals surface area contributed by atoms with Gasteiger partial charge in [-0.25, -0.2) is 14.6 Å². The lowest BCUT2D eigenvalue weighted by molar-refractivity contribution is -0.385. The van der Waals surface area contributed by atoms with Gasteiger partial charge in [-0.2, -0.15) is 0 Å². The summed E-state index contributed by atoms with van der Waals surface area (Å²) in [6.45, 7) is 5.68. The van der Waals surface area contributed by atoms with E-state index in [2.05, 4.69) is 4.99 Å². The van der Waals surface area contributed by atoms with Gasteiger partial charge in [-0.05, 0) is 42.7 Å². The molecule has 0 bridgehead atoms. The fourth-order valence-electron chi connectivity index (χ4n) is 4.05. The van der Waals surface area contributed by atoms with E-state index >= 15 is 0 Å². The van der Waals surface area contributed by atoms with Crippen molar-refractivity contribution in [2.24, 2.45) is 10.9 Å². The van der Waals surface area contributed by atoms with Gasteiger partial charge in [-0.1, -0.05) is 49.4 Å². The molecule has 2 heterocycles. The van der Waals surface area contributed by atoms with Crippen LogP contribution in [0, 0.1) is 16.0 Å². The number of methoxy groups -OCH3 is 1. The average Bonchev–Trinajstić information content (AvgIpc) is 3.20. The maximum atomic E-state index is 13.7. The van der Waals surface area contributed by atoms with Crippen LogP contribution < -0.4 is 14.9 Å². The maximum absolute atomic E-state index is 13.7. The van der Waals surface area contributed by atoms with Gasteiger partial charge in [0.15, 0.2) is 4.80 Å². The number of hydrogen-bond donors (Lipinski definition) is 0. The van der Waals surface area contributed by atoms with Crippen LogP contribution in [-0.2, 0) is 14.3 Å². The van der Waals surface area contributed by atoms with Crippen LogP contribution in [-0.4, -0.2) is 35.1 Å². The van der Waals surface area contributed by atoms with E-state index in [1.807, 2.05) is 13.8 Å². The number of nitrogens with zero attached hydrogens (tertiary/aromatic N) is 3. The summed E-state index contributed by atoms with van der Waals surface area (Å²) in [6, 6.07) is 11.6. The van der Waals surface area contributed by atoms with Gasteiger partial charge in [0.05, 0.1) is 51.6 Å². The zero-order valence-electron chi connectivity index (χ0n) is 21.2. The van der Waals surface area contributed by atoms with Crippen molar-refractivity contribution >= 4 is 35.0 Å². The molecule has 196 valence electrons. The Morgan fingerprint density at radius 3 is 2.47 bits per heavy atom. The minimum absolute atomic E-state index is 0.0977. The lowest BCUT2D eigenvalue weighted by Gasteiger charge is -2.25. The summed E-state index contributed by atoms with van der Waals surface area (Å²) in [5.74, 6) is -1.02. The Kier molecular flexibility index (Phi) is 7.67. The minimum atomic E-state index is -0.884. The van der Waals surface area contributed by atoms with Crippen LogP contribution in [0.15, 0.2) is 69.6 Å². The van der Waals surface area contributed by atoms with E-state index in [0.29, 0.717) is 21.6 Å². The van der Waals surface area contributed by atoms with Crippen molar-refractivity contribution in [1.29, 1.82) is 0 Å². The van der Waals surface area contributed by atoms with Crippen LogP contribution in [0.25, 0.3) is 6.08 Å². The quantitative estimate of drug-likeness (QED) is 0.258. The first kappa shape index (κ1) is 26.7. The molecule has 0 saturated heterocycles. The number of esters is 2. The smallest absolute Gasteiger partial charge is 0.338 e. The number of nitro groups is 1. The number of hydrogen-bond acceptors (Lipinski definition) is 9. The van der Waals surface area contributed by atoms with Gasteiger partial charge in [0.1, 0.15) is 0 Å². The molecular weight excluding hydrogens is 510 g/mol. The molecule has 1 atom stereocenters. The number of carbonyl (C=O) groups excluding carboxylic acids is 2. The molecule has 0 radical (unpaired) electrons. The summed E-state index contributed by atoms with van der Waals surface area (Å²) in [4.78, 5) is 54.7. The summed E-state index contributed by atoms with van der Waals surface area (Å²) in [5.41, 5.74) is 1.12. The molecule has 1 aliphatic heterocycles. The maximum Gasteiger partial charge on any atom is 0.338 e. The van der Waals surface area contributed by atoms with E-state index < -0.39 is 28.5 Å². The van der Waals surface area contributed by atoms with E-state index in [0.717, 1.165) is 11.3 Å². The first-order chi connectivity index (χ1) is 18.1. The summed E-state index contributed by atoms with van der Waals surface area (Å²) in [6.07, 6.45) is 1.45. The van der Waals surface area contributed by atoms with Crippen LogP contribution in [0.5, 0.6) is 0 Å². The highest BCUT2D eigenvalue weighted by Gasteiger charge is 2.33. The lowest BCUT2D eigenvalue weighted by Crippen LogP contribution is -2.40. The molecule has 0 aliphatic carbocycles. The van der Waals surface area contributed by atoms with Crippen molar-refractivity contribution in [2.45, 2.75) is 26.8 Å². The van der Waals surface area contributed by atoms with Gasteiger partial charge in [-0.3, -0.25) is 19.5 Å². The number of carbonyl (C=O) groups is 2. The monoisotopic (exact) mass is 535 g/mol. The number of aromatic nitrogens is 1. The zero-order chi connectivity index (χ0) is 27.6. The molecule has 4 rings (SSSR count). The number of benzene rings is 2. The molecule has 0 amide bonds. The topological polar surface area (TPSA) is 130 Å². The second kappa shape index (κ2) is 10.9. The van der Waals surface area contributed by atoms with Gasteiger partial charge in [0.25, 0.3) is 11.2 Å². The predicted molar refractivity (Wildman–Crippen MR) is 140 cm³/mol. The highest BCUT2D eigenvalue weighted by Crippen LogP contribution is 2.31. The van der Waals surface area contributed by atoms with E-state index in [1.54, 1.807) is 49.4 Å². The van der Waals surface area contributed by atoms with Gasteiger partial charge in [-0.15, -0.1) is 0 Å². The summed E-state index contributed by atoms with van der Waals surface area (Å²) < 4.78 is 11.9. The van der Waals surface area contributed by atoms with Crippen molar-refractivity contribution in [3.05, 3.63) is 106 Å². The first-order valence-electron chi connectivity index (χ1n) is 11.7. The van der Waals surface area contributed by atoms with Crippen molar-refractivity contribution in [3.8, 4) is 0 Å². The molecule has 0 fully saturated rings. The molecule has 1 aromatic heterocycles. The highest BCUT2D eigenvalue weighted by atomic mass is 32.1. The van der Waals surface area contributed by atoms with Gasteiger partial charge in [0.2, 0.25) is 0 Å². The Balaban J connectivity index is 1.92. The van der Waals surface area contributed by atoms with E-state index in [9.17, 15) is 24.5 Å². The van der Waals surface area contributed by atoms with Crippen molar-refractivity contribution in [3.63, 3.8) is 0 Å². The Morgan fingerprint density at radius 1 is 1.16 bits per heavy atom. The van der Waals surface area contributed by atoms with Crippen LogP contribution in [0.1, 0.15) is 48.3 Å². The summed E-state index contributed by atoms with van der Waals surface area (Å²) >= 11 is 1.07. The molecule has 0 saturated carbocycles. The van der Waals surface area contributed by atoms with Crippen LogP contribution in [0.2, 0.25) is 0 Å². The molecular formula is C27H25N3O7S. The lowest BCUT2D eigenvalue weighted by atomic mass is 9.95. The molecule has 10 nitrogen and oxygen atoms in total. The third kappa shape index (κ3) is 5.18. The van der Waals surface area contributed by atoms with Crippen LogP contribution in [0.3, 0.4) is 0 Å². The SMILES string of the molecule is COC(=O)c1ccc(C2C(C(=O)OCC(C)C)=C(C)N=c3sc(=Cc4ccccc4[N+](=O)[O-])c(=O)n32)cc1. The van der Waals surface area contributed by atoms with Crippen LogP contribution in [0.4, 0.5) is 5.69 Å². The number of allylic oxidation sites excluding steroid dienone is 1. The van der Waals surface area contributed by atoms with Crippen LogP contribution >= 0.6 is 11.3 Å². The standard InChI is InChI=1S/C27H25N3O7S/c1-15(2)14-37-26(33)22-16(3)28-27-29(23(22)17-9-11-18(12-10-17)25(32)36-4)24(31)21(38-27)13-19-7-5-6-8-20(19)30(34)35/h5-13,15,23H,14H2,1-4H3. The Labute approximate surface area is 221 Å². The normalized spacial score (nSPS) is 15.2. The molecule has 11 heteroatoms. The third-order valence-electron chi connectivity index (χ3n) is 5.86. The largest absolute Gasteiger partial charge is 0.465 e. The first-order valence-corrected chi connectivity index (χ1v) is 12.6. The number of fused-ring (bicyclic) bond motifs is 1. The van der Waals surface area contributed by atoms with Crippen molar-refractivity contribution in [2.75, 3.05) is 13.7 Å². The second-order valence-corrected chi connectivity index (χ2v) is 10.0. The highest BCUT2D eigenvalue weighted by molar-refractivity contribution is 7.07. The fraction of sp³-hybridized carbons (Fsp3) is 0.259. The zero-order valence-corrected chi connectivity index (χ0v) is 22.0. The predicted octanol–water partition coefficient (Wildman–Crippen LogP) is 3.13. The Bertz CT molecular complexity index is 1630. The number of para-hydroxylation sites is 1. The van der Waals surface area contributed by atoms with Crippen molar-refractivity contribution in [1.82, 2.24) is 4.57 Å². The number of nitro benzene ring substituents is 1. The number of thiazole rings is 1. The minimum Gasteiger partial charge on any atom is -0.465 e. The molecule has 1 aliphatic rings. The van der Waals surface area contributed by atoms with Crippen molar-refractivity contribution < 1.29 is 24.0 Å².